The van der Waals surface area contributed by atoms with Gasteiger partial charge in [-0.25, -0.2) is 19.6 Å². The van der Waals surface area contributed by atoms with Gasteiger partial charge in [0.05, 0.1) is 13.2 Å². The van der Waals surface area contributed by atoms with Crippen LogP contribution >= 0.6 is 0 Å². The van der Waals surface area contributed by atoms with Crippen molar-refractivity contribution in [1.82, 2.24) is 30.2 Å². The van der Waals surface area contributed by atoms with E-state index in [1.807, 2.05) is 29.2 Å². The zero-order valence-electron chi connectivity index (χ0n) is 21.4. The number of hydrogen-bond donors (Lipinski definition) is 2. The van der Waals surface area contributed by atoms with Crippen LogP contribution in [0.1, 0.15) is 24.5 Å². The average molecular weight is 509 g/mol. The molecule has 2 aromatic heterocycles. The van der Waals surface area contributed by atoms with Crippen LogP contribution in [0.3, 0.4) is 0 Å². The molecule has 2 saturated heterocycles. The summed E-state index contributed by atoms with van der Waals surface area (Å²) in [4.78, 5) is 39.4. The van der Waals surface area contributed by atoms with E-state index in [2.05, 4.69) is 20.7 Å². The molecule has 12 heteroatoms. The number of aromatic nitrogens is 3. The molecule has 2 N–H and O–H groups in total. The normalized spacial score (nSPS) is 16.6. The fourth-order valence-corrected chi connectivity index (χ4v) is 4.74. The topological polar surface area (TPSA) is 129 Å². The second-order valence-electron chi connectivity index (χ2n) is 9.44. The molecule has 0 aliphatic carbocycles. The van der Waals surface area contributed by atoms with Gasteiger partial charge in [0.25, 0.3) is 0 Å². The number of carbonyl (C=O) groups is 2. The summed E-state index contributed by atoms with van der Waals surface area (Å²) in [6.07, 6.45) is 1.57. The molecule has 1 aromatic carbocycles. The van der Waals surface area contributed by atoms with E-state index in [0.717, 1.165) is 24.1 Å². The third kappa shape index (κ3) is 5.15. The minimum atomic E-state index is -0.285. The molecular formula is C25H32N8O4. The van der Waals surface area contributed by atoms with Crippen LogP contribution in [0.25, 0.3) is 22.5 Å². The Labute approximate surface area is 214 Å². The monoisotopic (exact) mass is 508 g/mol. The maximum Gasteiger partial charge on any atom is 0.319 e. The van der Waals surface area contributed by atoms with Crippen molar-refractivity contribution in [2.75, 3.05) is 70.8 Å². The summed E-state index contributed by atoms with van der Waals surface area (Å²) in [6, 6.07) is 7.14. The first-order valence-corrected chi connectivity index (χ1v) is 12.5. The van der Waals surface area contributed by atoms with Gasteiger partial charge in [0.15, 0.2) is 11.6 Å². The Bertz CT molecular complexity index is 1260. The van der Waals surface area contributed by atoms with Gasteiger partial charge in [0, 0.05) is 64.5 Å². The molecule has 0 atom stereocenters. The first-order valence-electron chi connectivity index (χ1n) is 12.5. The maximum absolute atomic E-state index is 12.4. The van der Waals surface area contributed by atoms with Crippen molar-refractivity contribution >= 4 is 34.7 Å². The van der Waals surface area contributed by atoms with E-state index in [4.69, 9.17) is 19.2 Å². The van der Waals surface area contributed by atoms with E-state index < -0.39 is 0 Å². The number of carbonyl (C=O) groups excluding carboxylic acids is 2. The number of amides is 4. The Balaban J connectivity index is 1.48. The van der Waals surface area contributed by atoms with Crippen molar-refractivity contribution in [2.45, 2.75) is 18.8 Å². The Hall–Kier alpha value is -3.93. The van der Waals surface area contributed by atoms with Crippen molar-refractivity contribution in [2.24, 2.45) is 0 Å². The summed E-state index contributed by atoms with van der Waals surface area (Å²) in [5, 5.41) is 9.77. The quantitative estimate of drug-likeness (QED) is 0.550. The molecule has 0 radical (unpaired) electrons. The molecule has 5 rings (SSSR count). The molecule has 0 saturated carbocycles. The lowest BCUT2D eigenvalue weighted by atomic mass is 9.93. The average Bonchev–Trinajstić information content (AvgIpc) is 3.37. The number of anilines is 2. The van der Waals surface area contributed by atoms with Crippen LogP contribution in [0.15, 0.2) is 28.8 Å². The minimum Gasteiger partial charge on any atom is -0.378 e. The van der Waals surface area contributed by atoms with Gasteiger partial charge in [-0.15, -0.1) is 0 Å². The number of urea groups is 2. The lowest BCUT2D eigenvalue weighted by Crippen LogP contribution is -2.43. The third-order valence-electron chi connectivity index (χ3n) is 6.80. The van der Waals surface area contributed by atoms with Gasteiger partial charge >= 0.3 is 12.1 Å². The van der Waals surface area contributed by atoms with E-state index in [0.29, 0.717) is 67.8 Å². The molecule has 0 bridgehead atoms. The highest BCUT2D eigenvalue weighted by atomic mass is 16.5. The lowest BCUT2D eigenvalue weighted by Gasteiger charge is -2.32. The first-order chi connectivity index (χ1) is 17.9. The Kier molecular flexibility index (Phi) is 7.08. The Morgan fingerprint density at radius 3 is 2.38 bits per heavy atom. The molecular weight excluding hydrogens is 476 g/mol. The smallest absolute Gasteiger partial charge is 0.319 e. The molecule has 4 heterocycles. The van der Waals surface area contributed by atoms with Gasteiger partial charge in [0.2, 0.25) is 5.58 Å². The summed E-state index contributed by atoms with van der Waals surface area (Å²) in [6.45, 7) is 3.93. The maximum atomic E-state index is 12.4. The van der Waals surface area contributed by atoms with Gasteiger partial charge in [-0.2, -0.15) is 0 Å². The highest BCUT2D eigenvalue weighted by Gasteiger charge is 2.31. The number of piperidine rings is 1. The number of likely N-dealkylation sites (tertiary alicyclic amines) is 1. The van der Waals surface area contributed by atoms with Crippen molar-refractivity contribution in [3.8, 4) is 11.4 Å². The molecule has 2 aliphatic heterocycles. The second-order valence-corrected chi connectivity index (χ2v) is 9.44. The number of fused-ring (bicyclic) bond motifs is 1. The second kappa shape index (κ2) is 10.6. The molecule has 0 unspecified atom stereocenters. The summed E-state index contributed by atoms with van der Waals surface area (Å²) < 4.78 is 11.4. The molecule has 0 spiro atoms. The Morgan fingerprint density at radius 2 is 1.73 bits per heavy atom. The van der Waals surface area contributed by atoms with Gasteiger partial charge in [-0.05, 0) is 37.1 Å². The number of nitrogens with zero attached hydrogens (tertiary/aromatic N) is 6. The minimum absolute atomic E-state index is 0.0250. The number of benzene rings is 1. The van der Waals surface area contributed by atoms with Crippen LogP contribution in [0.5, 0.6) is 0 Å². The number of rotatable bonds is 4. The van der Waals surface area contributed by atoms with Crippen LogP contribution in [-0.4, -0.2) is 97.5 Å². The molecule has 12 nitrogen and oxygen atoms in total. The zero-order valence-corrected chi connectivity index (χ0v) is 21.4. The SMILES string of the molecule is CNC(=O)Nc1ccc(-c2nc(N3CCOCC3)c3onc(C4CCN(C(=O)N(C)C)CC4)c3n2)cc1. The summed E-state index contributed by atoms with van der Waals surface area (Å²) >= 11 is 0. The summed E-state index contributed by atoms with van der Waals surface area (Å²) in [5.74, 6) is 1.40. The third-order valence-corrected chi connectivity index (χ3v) is 6.80. The first kappa shape index (κ1) is 24.8. The van der Waals surface area contributed by atoms with E-state index >= 15 is 0 Å². The van der Waals surface area contributed by atoms with E-state index in [-0.39, 0.29) is 18.0 Å². The molecule has 2 fully saturated rings. The van der Waals surface area contributed by atoms with Crippen LogP contribution in [0, 0.1) is 0 Å². The van der Waals surface area contributed by atoms with Crippen molar-refractivity contribution in [3.05, 3.63) is 30.0 Å². The number of morpholine rings is 1. The van der Waals surface area contributed by atoms with Gasteiger partial charge < -0.3 is 34.6 Å². The summed E-state index contributed by atoms with van der Waals surface area (Å²) in [7, 11) is 5.11. The fourth-order valence-electron chi connectivity index (χ4n) is 4.74. The number of hydrogen-bond acceptors (Lipinski definition) is 8. The van der Waals surface area contributed by atoms with Crippen LogP contribution < -0.4 is 15.5 Å². The molecule has 37 heavy (non-hydrogen) atoms. The number of nitrogens with one attached hydrogen (secondary N) is 2. The highest BCUT2D eigenvalue weighted by molar-refractivity contribution is 5.90. The molecule has 4 amide bonds. The van der Waals surface area contributed by atoms with Crippen molar-refractivity contribution in [3.63, 3.8) is 0 Å². The fraction of sp³-hybridized carbons (Fsp3) is 0.480. The van der Waals surface area contributed by atoms with Crippen LogP contribution in [0.2, 0.25) is 0 Å². The summed E-state index contributed by atoms with van der Waals surface area (Å²) in [5.41, 5.74) is 3.57. The van der Waals surface area contributed by atoms with Crippen LogP contribution in [-0.2, 0) is 4.74 Å². The van der Waals surface area contributed by atoms with E-state index in [1.54, 1.807) is 26.0 Å². The number of ether oxygens (including phenoxy) is 1. The van der Waals surface area contributed by atoms with Gasteiger partial charge in [0.1, 0.15) is 11.2 Å². The standard InChI is InChI=1S/C25H32N8O4/c1-26-24(34)27-18-6-4-17(5-7-18)22-28-20-19(16-8-10-33(11-9-16)25(35)31(2)3)30-37-21(20)23(29-22)32-12-14-36-15-13-32/h4-7,16H,8-15H2,1-3H3,(H2,26,27,34). The highest BCUT2D eigenvalue weighted by Crippen LogP contribution is 2.36. The predicted molar refractivity (Wildman–Crippen MR) is 139 cm³/mol. The zero-order chi connectivity index (χ0) is 25.9. The molecule has 3 aromatic rings. The Morgan fingerprint density at radius 1 is 1.03 bits per heavy atom. The molecule has 196 valence electrons. The predicted octanol–water partition coefficient (Wildman–Crippen LogP) is 2.73. The van der Waals surface area contributed by atoms with Crippen LogP contribution in [0.4, 0.5) is 21.1 Å². The van der Waals surface area contributed by atoms with Crippen molar-refractivity contribution in [1.29, 1.82) is 0 Å². The van der Waals surface area contributed by atoms with E-state index in [1.165, 1.54) is 0 Å². The van der Waals surface area contributed by atoms with Gasteiger partial charge in [-0.1, -0.05) is 5.16 Å². The largest absolute Gasteiger partial charge is 0.378 e. The van der Waals surface area contributed by atoms with Crippen molar-refractivity contribution < 1.29 is 18.8 Å². The lowest BCUT2D eigenvalue weighted by molar-refractivity contribution is 0.122. The van der Waals surface area contributed by atoms with E-state index in [9.17, 15) is 9.59 Å². The van der Waals surface area contributed by atoms with Gasteiger partial charge in [-0.3, -0.25) is 0 Å². The molecule has 2 aliphatic rings.